The smallest absolute Gasteiger partial charge is 0.324 e. The molecule has 2 unspecified atom stereocenters. The average molecular weight is 318 g/mol. The van der Waals surface area contributed by atoms with Crippen LogP contribution in [0.15, 0.2) is 23.1 Å². The van der Waals surface area contributed by atoms with E-state index in [0.717, 1.165) is 18.2 Å². The molecule has 0 spiro atoms. The SMILES string of the molecule is CC(NS(=O)(=O)c1cccc(F)c1[N+](=O)[O-])C1CCOC1. The molecule has 1 saturated heterocycles. The monoisotopic (exact) mass is 318 g/mol. The second-order valence-corrected chi connectivity index (χ2v) is 6.56. The molecular formula is C12H15FN2O5S. The number of para-hydroxylation sites is 1. The molecule has 1 fully saturated rings. The lowest BCUT2D eigenvalue weighted by atomic mass is 10.0. The molecule has 9 heteroatoms. The van der Waals surface area contributed by atoms with E-state index in [1.54, 1.807) is 6.92 Å². The van der Waals surface area contributed by atoms with Crippen LogP contribution in [0, 0.1) is 21.8 Å². The maximum atomic E-state index is 13.5. The Morgan fingerprint density at radius 1 is 1.52 bits per heavy atom. The van der Waals surface area contributed by atoms with Gasteiger partial charge in [0.15, 0.2) is 4.90 Å². The second kappa shape index (κ2) is 6.04. The summed E-state index contributed by atoms with van der Waals surface area (Å²) in [6.45, 7) is 2.63. The van der Waals surface area contributed by atoms with Gasteiger partial charge in [0.2, 0.25) is 15.8 Å². The number of sulfonamides is 1. The third kappa shape index (κ3) is 3.36. The summed E-state index contributed by atoms with van der Waals surface area (Å²) in [5, 5.41) is 10.9. The first-order valence-electron chi connectivity index (χ1n) is 6.36. The molecule has 1 aromatic carbocycles. The van der Waals surface area contributed by atoms with Gasteiger partial charge < -0.3 is 4.74 Å². The maximum Gasteiger partial charge on any atom is 0.324 e. The van der Waals surface area contributed by atoms with Crippen LogP contribution in [0.4, 0.5) is 10.1 Å². The van der Waals surface area contributed by atoms with Gasteiger partial charge in [-0.05, 0) is 25.5 Å². The lowest BCUT2D eigenvalue weighted by molar-refractivity contribution is -0.390. The Hall–Kier alpha value is -1.58. The van der Waals surface area contributed by atoms with E-state index in [1.165, 1.54) is 0 Å². The van der Waals surface area contributed by atoms with E-state index in [0.29, 0.717) is 19.6 Å². The zero-order valence-electron chi connectivity index (χ0n) is 11.3. The van der Waals surface area contributed by atoms with E-state index in [-0.39, 0.29) is 5.92 Å². The zero-order chi connectivity index (χ0) is 15.6. The summed E-state index contributed by atoms with van der Waals surface area (Å²) in [5.74, 6) is -1.19. The molecular weight excluding hydrogens is 303 g/mol. The van der Waals surface area contributed by atoms with Crippen LogP contribution in [0.5, 0.6) is 0 Å². The van der Waals surface area contributed by atoms with Gasteiger partial charge in [0, 0.05) is 18.6 Å². The van der Waals surface area contributed by atoms with Crippen LogP contribution in [0.25, 0.3) is 0 Å². The predicted octanol–water partition coefficient (Wildman–Crippen LogP) is 1.44. The number of halogens is 1. The highest BCUT2D eigenvalue weighted by Crippen LogP contribution is 2.27. The van der Waals surface area contributed by atoms with Crippen molar-refractivity contribution in [2.45, 2.75) is 24.3 Å². The molecule has 7 nitrogen and oxygen atoms in total. The third-order valence-electron chi connectivity index (χ3n) is 3.43. The maximum absolute atomic E-state index is 13.5. The number of benzene rings is 1. The van der Waals surface area contributed by atoms with Crippen LogP contribution < -0.4 is 4.72 Å². The molecule has 0 saturated carbocycles. The molecule has 1 heterocycles. The highest BCUT2D eigenvalue weighted by molar-refractivity contribution is 7.89. The Kier molecular flexibility index (Phi) is 4.55. The summed E-state index contributed by atoms with van der Waals surface area (Å²) in [6, 6.07) is 2.54. The topological polar surface area (TPSA) is 98.5 Å². The highest BCUT2D eigenvalue weighted by Gasteiger charge is 2.32. The van der Waals surface area contributed by atoms with E-state index in [2.05, 4.69) is 4.72 Å². The predicted molar refractivity (Wildman–Crippen MR) is 71.8 cm³/mol. The van der Waals surface area contributed by atoms with Crippen molar-refractivity contribution in [1.29, 1.82) is 0 Å². The largest absolute Gasteiger partial charge is 0.381 e. The Morgan fingerprint density at radius 2 is 2.24 bits per heavy atom. The molecule has 1 aliphatic heterocycles. The highest BCUT2D eigenvalue weighted by atomic mass is 32.2. The molecule has 2 atom stereocenters. The van der Waals surface area contributed by atoms with E-state index in [4.69, 9.17) is 4.74 Å². The normalized spacial score (nSPS) is 20.4. The molecule has 0 radical (unpaired) electrons. The molecule has 0 aromatic heterocycles. The van der Waals surface area contributed by atoms with Gasteiger partial charge in [-0.2, -0.15) is 4.39 Å². The standard InChI is InChI=1S/C12H15FN2O5S/c1-8(9-5-6-20-7-9)14-21(18,19)11-4-2-3-10(13)12(11)15(16)17/h2-4,8-9,14H,5-7H2,1H3. The van der Waals surface area contributed by atoms with Gasteiger partial charge in [-0.3, -0.25) is 10.1 Å². The average Bonchev–Trinajstić information content (AvgIpc) is 2.91. The Labute approximate surface area is 121 Å². The zero-order valence-corrected chi connectivity index (χ0v) is 12.1. The molecule has 116 valence electrons. The molecule has 0 bridgehead atoms. The van der Waals surface area contributed by atoms with E-state index < -0.39 is 37.4 Å². The third-order valence-corrected chi connectivity index (χ3v) is 5.03. The van der Waals surface area contributed by atoms with Crippen LogP contribution in [0.1, 0.15) is 13.3 Å². The number of nitrogens with one attached hydrogen (secondary N) is 1. The van der Waals surface area contributed by atoms with Crippen LogP contribution in [-0.2, 0) is 14.8 Å². The minimum atomic E-state index is -4.18. The number of nitro groups is 1. The van der Waals surface area contributed by atoms with Gasteiger partial charge in [0.25, 0.3) is 0 Å². The quantitative estimate of drug-likeness (QED) is 0.654. The summed E-state index contributed by atoms with van der Waals surface area (Å²) >= 11 is 0. The minimum Gasteiger partial charge on any atom is -0.381 e. The Balaban J connectivity index is 2.31. The number of hydrogen-bond donors (Lipinski definition) is 1. The number of rotatable bonds is 5. The van der Waals surface area contributed by atoms with Gasteiger partial charge in [-0.15, -0.1) is 0 Å². The number of nitro benzene ring substituents is 1. The van der Waals surface area contributed by atoms with Crippen LogP contribution in [0.3, 0.4) is 0 Å². The first kappa shape index (κ1) is 15.8. The summed E-state index contributed by atoms with van der Waals surface area (Å²) < 4.78 is 45.6. The minimum absolute atomic E-state index is 0.00705. The number of nitrogens with zero attached hydrogens (tertiary/aromatic N) is 1. The first-order chi connectivity index (χ1) is 9.83. The first-order valence-corrected chi connectivity index (χ1v) is 7.84. The Bertz CT molecular complexity index is 643. The summed E-state index contributed by atoms with van der Waals surface area (Å²) in [6.07, 6.45) is 0.703. The number of hydrogen-bond acceptors (Lipinski definition) is 5. The molecule has 0 amide bonds. The van der Waals surface area contributed by atoms with E-state index in [9.17, 15) is 22.9 Å². The van der Waals surface area contributed by atoms with Gasteiger partial charge in [0.05, 0.1) is 11.5 Å². The van der Waals surface area contributed by atoms with Gasteiger partial charge in [-0.1, -0.05) is 6.07 Å². The fourth-order valence-electron chi connectivity index (χ4n) is 2.24. The van der Waals surface area contributed by atoms with Crippen molar-refractivity contribution < 1.29 is 22.5 Å². The molecule has 1 aliphatic rings. The molecule has 2 rings (SSSR count). The van der Waals surface area contributed by atoms with Crippen molar-refractivity contribution in [2.75, 3.05) is 13.2 Å². The summed E-state index contributed by atoms with van der Waals surface area (Å²) in [4.78, 5) is 9.18. The number of ether oxygens (including phenoxy) is 1. The van der Waals surface area contributed by atoms with Crippen molar-refractivity contribution in [3.05, 3.63) is 34.1 Å². The van der Waals surface area contributed by atoms with Crippen molar-refractivity contribution in [3.63, 3.8) is 0 Å². The van der Waals surface area contributed by atoms with E-state index >= 15 is 0 Å². The van der Waals surface area contributed by atoms with Crippen LogP contribution >= 0.6 is 0 Å². The van der Waals surface area contributed by atoms with Crippen molar-refractivity contribution in [3.8, 4) is 0 Å². The van der Waals surface area contributed by atoms with Gasteiger partial charge in [-0.25, -0.2) is 13.1 Å². The van der Waals surface area contributed by atoms with Crippen molar-refractivity contribution in [2.24, 2.45) is 5.92 Å². The van der Waals surface area contributed by atoms with Crippen molar-refractivity contribution >= 4 is 15.7 Å². The van der Waals surface area contributed by atoms with Gasteiger partial charge in [0.1, 0.15) is 0 Å². The lowest BCUT2D eigenvalue weighted by Gasteiger charge is -2.19. The Morgan fingerprint density at radius 3 is 2.81 bits per heavy atom. The van der Waals surface area contributed by atoms with Gasteiger partial charge >= 0.3 is 5.69 Å². The molecule has 21 heavy (non-hydrogen) atoms. The second-order valence-electron chi connectivity index (χ2n) is 4.88. The van der Waals surface area contributed by atoms with Crippen LogP contribution in [0.2, 0.25) is 0 Å². The summed E-state index contributed by atoms with van der Waals surface area (Å²) in [5.41, 5.74) is -1.04. The molecule has 1 aromatic rings. The fraction of sp³-hybridized carbons (Fsp3) is 0.500. The van der Waals surface area contributed by atoms with Crippen molar-refractivity contribution in [1.82, 2.24) is 4.72 Å². The van der Waals surface area contributed by atoms with Crippen LogP contribution in [-0.4, -0.2) is 32.6 Å². The molecule has 1 N–H and O–H groups in total. The fourth-order valence-corrected chi connectivity index (χ4v) is 3.73. The lowest BCUT2D eigenvalue weighted by Crippen LogP contribution is -2.38. The molecule has 0 aliphatic carbocycles. The summed E-state index contributed by atoms with van der Waals surface area (Å²) in [7, 11) is -4.18. The van der Waals surface area contributed by atoms with E-state index in [1.807, 2.05) is 0 Å².